The van der Waals surface area contributed by atoms with E-state index in [0.717, 1.165) is 11.3 Å². The van der Waals surface area contributed by atoms with Crippen molar-refractivity contribution in [3.05, 3.63) is 87.7 Å². The van der Waals surface area contributed by atoms with E-state index in [1.54, 1.807) is 36.3 Å². The number of nitrogens with zero attached hydrogens (tertiary/aromatic N) is 2. The number of benzene rings is 3. The number of rotatable bonds is 11. The molecule has 202 valence electrons. The lowest BCUT2D eigenvalue weighted by molar-refractivity contribution is -0.122. The van der Waals surface area contributed by atoms with E-state index in [1.807, 2.05) is 54.6 Å². The Hall–Kier alpha value is -3.60. The molecule has 1 N–H and O–H groups in total. The number of amidine groups is 1. The van der Waals surface area contributed by atoms with E-state index >= 15 is 0 Å². The summed E-state index contributed by atoms with van der Waals surface area (Å²) in [6.07, 6.45) is 2.48. The quantitative estimate of drug-likeness (QED) is 0.208. The highest BCUT2D eigenvalue weighted by molar-refractivity contribution is 9.10. The number of ether oxygens (including phenoxy) is 3. The summed E-state index contributed by atoms with van der Waals surface area (Å²) >= 11 is 4.84. The molecule has 3 aromatic carbocycles. The first kappa shape index (κ1) is 28.4. The Kier molecular flexibility index (Phi) is 10.2. The Morgan fingerprint density at radius 2 is 1.79 bits per heavy atom. The molecule has 3 aromatic rings. The number of anilines is 1. The van der Waals surface area contributed by atoms with Crippen molar-refractivity contribution in [2.45, 2.75) is 6.42 Å². The summed E-state index contributed by atoms with van der Waals surface area (Å²) < 4.78 is 17.1. The van der Waals surface area contributed by atoms with Gasteiger partial charge in [0, 0.05) is 25.9 Å². The van der Waals surface area contributed by atoms with E-state index in [-0.39, 0.29) is 18.4 Å². The summed E-state index contributed by atoms with van der Waals surface area (Å²) in [5, 5.41) is 3.40. The number of amides is 2. The second kappa shape index (κ2) is 14.0. The number of hydrogen-bond donors (Lipinski definition) is 1. The third kappa shape index (κ3) is 7.72. The molecule has 1 aliphatic rings. The zero-order valence-electron chi connectivity index (χ0n) is 21.6. The molecule has 0 aromatic heterocycles. The molecule has 0 spiro atoms. The highest BCUT2D eigenvalue weighted by atomic mass is 79.9. The predicted octanol–water partition coefficient (Wildman–Crippen LogP) is 6.12. The van der Waals surface area contributed by atoms with Crippen LogP contribution < -0.4 is 14.8 Å². The molecule has 1 aliphatic heterocycles. The molecule has 4 rings (SSSR count). The normalized spacial score (nSPS) is 15.2. The fraction of sp³-hybridized carbons (Fsp3) is 0.207. The average Bonchev–Trinajstić information content (AvgIpc) is 3.22. The first-order chi connectivity index (χ1) is 19.0. The van der Waals surface area contributed by atoms with Crippen molar-refractivity contribution in [1.82, 2.24) is 4.90 Å². The maximum Gasteiger partial charge on any atom is 0.266 e. The van der Waals surface area contributed by atoms with Crippen LogP contribution >= 0.6 is 27.7 Å². The number of nitrogens with one attached hydrogen (secondary N) is 1. The highest BCUT2D eigenvalue weighted by Crippen LogP contribution is 2.39. The van der Waals surface area contributed by atoms with Gasteiger partial charge in [-0.3, -0.25) is 14.5 Å². The van der Waals surface area contributed by atoms with Gasteiger partial charge in [-0.2, -0.15) is 0 Å². The number of carbonyl (C=O) groups excluding carboxylic acids is 2. The maximum atomic E-state index is 13.3. The molecule has 1 heterocycles. The monoisotopic (exact) mass is 609 g/mol. The van der Waals surface area contributed by atoms with Crippen molar-refractivity contribution in [3.8, 4) is 11.5 Å². The summed E-state index contributed by atoms with van der Waals surface area (Å²) in [5.41, 5.74) is 2.19. The van der Waals surface area contributed by atoms with E-state index in [1.165, 1.54) is 18.9 Å². The summed E-state index contributed by atoms with van der Waals surface area (Å²) in [5.74, 6) is 0.391. The van der Waals surface area contributed by atoms with Crippen LogP contribution in [0.25, 0.3) is 6.08 Å². The zero-order chi connectivity index (χ0) is 27.6. The Bertz CT molecular complexity index is 1370. The van der Waals surface area contributed by atoms with Gasteiger partial charge >= 0.3 is 0 Å². The Labute approximate surface area is 240 Å². The number of halogens is 1. The van der Waals surface area contributed by atoms with Gasteiger partial charge in [0.25, 0.3) is 11.8 Å². The lowest BCUT2D eigenvalue weighted by atomic mass is 10.2. The SMILES string of the molecule is COCCCN1C(=O)/C(=C/c2cc(Br)c(OCC(=O)Nc3ccccc3)c(OC)c2)SC1=Nc1ccccc1. The third-order valence-corrected chi connectivity index (χ3v) is 7.15. The lowest BCUT2D eigenvalue weighted by Crippen LogP contribution is -2.30. The smallest absolute Gasteiger partial charge is 0.266 e. The van der Waals surface area contributed by atoms with Gasteiger partial charge in [0.2, 0.25) is 0 Å². The number of methoxy groups -OCH3 is 2. The summed E-state index contributed by atoms with van der Waals surface area (Å²) in [4.78, 5) is 32.6. The van der Waals surface area contributed by atoms with Crippen LogP contribution in [0.4, 0.5) is 11.4 Å². The Morgan fingerprint density at radius 1 is 1.08 bits per heavy atom. The molecular formula is C29H28BrN3O5S. The van der Waals surface area contributed by atoms with Crippen molar-refractivity contribution in [1.29, 1.82) is 0 Å². The number of para-hydroxylation sites is 2. The number of thioether (sulfide) groups is 1. The van der Waals surface area contributed by atoms with Crippen LogP contribution in [-0.4, -0.2) is 55.9 Å². The van der Waals surface area contributed by atoms with Gasteiger partial charge in [-0.05, 0) is 82.2 Å². The Balaban J connectivity index is 1.53. The number of aliphatic imine (C=N–C) groups is 1. The van der Waals surface area contributed by atoms with Crippen molar-refractivity contribution >= 4 is 62.1 Å². The molecule has 39 heavy (non-hydrogen) atoms. The minimum atomic E-state index is -0.298. The molecule has 2 amide bonds. The van der Waals surface area contributed by atoms with Gasteiger partial charge in [0.15, 0.2) is 23.3 Å². The molecule has 10 heteroatoms. The summed E-state index contributed by atoms with van der Waals surface area (Å²) in [7, 11) is 3.16. The topological polar surface area (TPSA) is 89.5 Å². The van der Waals surface area contributed by atoms with E-state index in [4.69, 9.17) is 19.2 Å². The van der Waals surface area contributed by atoms with Gasteiger partial charge in [-0.1, -0.05) is 36.4 Å². The minimum Gasteiger partial charge on any atom is -0.493 e. The van der Waals surface area contributed by atoms with Crippen molar-refractivity contribution in [2.24, 2.45) is 4.99 Å². The van der Waals surface area contributed by atoms with Crippen LogP contribution in [0, 0.1) is 0 Å². The molecule has 0 unspecified atom stereocenters. The van der Waals surface area contributed by atoms with Gasteiger partial charge in [-0.25, -0.2) is 4.99 Å². The average molecular weight is 611 g/mol. The van der Waals surface area contributed by atoms with Gasteiger partial charge in [-0.15, -0.1) is 0 Å². The van der Waals surface area contributed by atoms with Crippen LogP contribution in [0.15, 0.2) is 87.2 Å². The number of carbonyl (C=O) groups is 2. The fourth-order valence-corrected chi connectivity index (χ4v) is 5.34. The van der Waals surface area contributed by atoms with E-state index in [0.29, 0.717) is 51.3 Å². The zero-order valence-corrected chi connectivity index (χ0v) is 24.0. The van der Waals surface area contributed by atoms with Crippen LogP contribution in [0.5, 0.6) is 11.5 Å². The van der Waals surface area contributed by atoms with Crippen molar-refractivity contribution < 1.29 is 23.8 Å². The third-order valence-electron chi connectivity index (χ3n) is 5.55. The van der Waals surface area contributed by atoms with Gasteiger partial charge in [0.05, 0.1) is 22.2 Å². The van der Waals surface area contributed by atoms with Crippen LogP contribution in [-0.2, 0) is 14.3 Å². The predicted molar refractivity (Wildman–Crippen MR) is 159 cm³/mol. The standard InChI is InChI=1S/C29H28BrN3O5S/c1-36-15-9-14-33-28(35)25(39-29(33)32-22-12-7-4-8-13-22)18-20-16-23(30)27(24(17-20)37-2)38-19-26(34)31-21-10-5-3-6-11-21/h3-8,10-13,16-18H,9,14-15,19H2,1-2H3,(H,31,34)/b25-18-,32-29?. The molecule has 0 saturated carbocycles. The maximum absolute atomic E-state index is 13.3. The first-order valence-electron chi connectivity index (χ1n) is 12.2. The summed E-state index contributed by atoms with van der Waals surface area (Å²) in [6, 6.07) is 22.3. The molecule has 8 nitrogen and oxygen atoms in total. The van der Waals surface area contributed by atoms with Crippen molar-refractivity contribution in [3.63, 3.8) is 0 Å². The Morgan fingerprint density at radius 3 is 2.49 bits per heavy atom. The fourth-order valence-electron chi connectivity index (χ4n) is 3.74. The van der Waals surface area contributed by atoms with Gasteiger partial charge < -0.3 is 19.5 Å². The van der Waals surface area contributed by atoms with Crippen LogP contribution in [0.1, 0.15) is 12.0 Å². The van der Waals surface area contributed by atoms with E-state index in [9.17, 15) is 9.59 Å². The van der Waals surface area contributed by atoms with Crippen molar-refractivity contribution in [2.75, 3.05) is 39.3 Å². The van der Waals surface area contributed by atoms with Crippen LogP contribution in [0.3, 0.4) is 0 Å². The molecular weight excluding hydrogens is 582 g/mol. The molecule has 0 radical (unpaired) electrons. The molecule has 0 aliphatic carbocycles. The molecule has 1 fully saturated rings. The summed E-state index contributed by atoms with van der Waals surface area (Å²) in [6.45, 7) is 0.836. The molecule has 0 atom stereocenters. The first-order valence-corrected chi connectivity index (χ1v) is 13.8. The highest BCUT2D eigenvalue weighted by Gasteiger charge is 2.33. The minimum absolute atomic E-state index is 0.126. The van der Waals surface area contributed by atoms with Crippen LogP contribution in [0.2, 0.25) is 0 Å². The van der Waals surface area contributed by atoms with E-state index in [2.05, 4.69) is 21.2 Å². The lowest BCUT2D eigenvalue weighted by Gasteiger charge is -2.15. The second-order valence-corrected chi connectivity index (χ2v) is 10.2. The largest absolute Gasteiger partial charge is 0.493 e. The molecule has 1 saturated heterocycles. The van der Waals surface area contributed by atoms with E-state index < -0.39 is 0 Å². The second-order valence-electron chi connectivity index (χ2n) is 8.38. The molecule has 0 bridgehead atoms. The number of hydrogen-bond acceptors (Lipinski definition) is 7. The van der Waals surface area contributed by atoms with Gasteiger partial charge in [0.1, 0.15) is 0 Å².